The highest BCUT2D eigenvalue weighted by molar-refractivity contribution is 6.18. The Hall–Kier alpha value is -0.240. The van der Waals surface area contributed by atoms with E-state index in [1.165, 1.54) is 32.1 Å². The molecule has 0 spiro atoms. The Morgan fingerprint density at radius 2 is 1.94 bits per heavy atom. The second-order valence-corrected chi connectivity index (χ2v) is 5.77. The van der Waals surface area contributed by atoms with Gasteiger partial charge in [0.2, 0.25) is 5.91 Å². The van der Waals surface area contributed by atoms with E-state index >= 15 is 0 Å². The van der Waals surface area contributed by atoms with Crippen molar-refractivity contribution in [3.63, 3.8) is 0 Å². The van der Waals surface area contributed by atoms with Gasteiger partial charge >= 0.3 is 0 Å². The van der Waals surface area contributed by atoms with Crippen LogP contribution in [0, 0.1) is 5.92 Å². The van der Waals surface area contributed by atoms with Crippen molar-refractivity contribution in [2.24, 2.45) is 5.92 Å². The molecule has 2 saturated carbocycles. The van der Waals surface area contributed by atoms with Crippen LogP contribution in [0.15, 0.2) is 0 Å². The van der Waals surface area contributed by atoms with Gasteiger partial charge in [0.05, 0.1) is 5.54 Å². The van der Waals surface area contributed by atoms with E-state index in [0.717, 1.165) is 25.2 Å². The van der Waals surface area contributed by atoms with E-state index in [9.17, 15) is 4.79 Å². The van der Waals surface area contributed by atoms with Gasteiger partial charge in [-0.15, -0.1) is 11.6 Å². The molecule has 0 aromatic carbocycles. The van der Waals surface area contributed by atoms with Gasteiger partial charge in [-0.25, -0.2) is 0 Å². The first kappa shape index (κ1) is 12.2. The first-order valence-corrected chi connectivity index (χ1v) is 7.14. The van der Waals surface area contributed by atoms with E-state index in [-0.39, 0.29) is 11.4 Å². The predicted molar refractivity (Wildman–Crippen MR) is 66.6 cm³/mol. The van der Waals surface area contributed by atoms with Crippen molar-refractivity contribution in [2.75, 3.05) is 5.88 Å². The molecule has 0 unspecified atom stereocenters. The van der Waals surface area contributed by atoms with Crippen LogP contribution in [0.1, 0.15) is 57.8 Å². The van der Waals surface area contributed by atoms with E-state index in [1.807, 2.05) is 0 Å². The minimum atomic E-state index is -0.0473. The molecular weight excluding hydrogens is 222 g/mol. The second-order valence-electron chi connectivity index (χ2n) is 5.50. The van der Waals surface area contributed by atoms with E-state index in [2.05, 4.69) is 5.32 Å². The standard InChI is InChI=1S/C13H22ClNO/c14-10-13(8-3-9-13)15-12(16)7-6-11-4-1-2-5-11/h11H,1-10H2,(H,15,16). The summed E-state index contributed by atoms with van der Waals surface area (Å²) in [6, 6.07) is 0. The average molecular weight is 244 g/mol. The van der Waals surface area contributed by atoms with Crippen LogP contribution >= 0.6 is 11.6 Å². The normalized spacial score (nSPS) is 24.1. The van der Waals surface area contributed by atoms with Crippen LogP contribution in [0.3, 0.4) is 0 Å². The number of rotatable bonds is 5. The highest BCUT2D eigenvalue weighted by Gasteiger charge is 2.37. The van der Waals surface area contributed by atoms with Crippen LogP contribution in [-0.2, 0) is 4.79 Å². The predicted octanol–water partition coefficient (Wildman–Crippen LogP) is 3.23. The third-order valence-electron chi connectivity index (χ3n) is 4.23. The lowest BCUT2D eigenvalue weighted by Crippen LogP contribution is -2.55. The first-order chi connectivity index (χ1) is 7.74. The molecule has 0 aliphatic heterocycles. The van der Waals surface area contributed by atoms with Crippen LogP contribution in [0.4, 0.5) is 0 Å². The van der Waals surface area contributed by atoms with Gasteiger partial charge in [0.1, 0.15) is 0 Å². The van der Waals surface area contributed by atoms with Crippen LogP contribution in [0.5, 0.6) is 0 Å². The number of halogens is 1. The quantitative estimate of drug-likeness (QED) is 0.738. The van der Waals surface area contributed by atoms with Crippen molar-refractivity contribution in [3.05, 3.63) is 0 Å². The maximum atomic E-state index is 11.8. The lowest BCUT2D eigenvalue weighted by Gasteiger charge is -2.41. The summed E-state index contributed by atoms with van der Waals surface area (Å²) in [4.78, 5) is 11.8. The largest absolute Gasteiger partial charge is 0.349 e. The van der Waals surface area contributed by atoms with Crippen molar-refractivity contribution in [2.45, 2.75) is 63.3 Å². The zero-order chi connectivity index (χ0) is 11.4. The molecule has 2 rings (SSSR count). The highest BCUT2D eigenvalue weighted by Crippen LogP contribution is 2.33. The van der Waals surface area contributed by atoms with Crippen LogP contribution in [0.2, 0.25) is 0 Å². The summed E-state index contributed by atoms with van der Waals surface area (Å²) in [6.45, 7) is 0. The third kappa shape index (κ3) is 2.91. The summed E-state index contributed by atoms with van der Waals surface area (Å²) >= 11 is 5.92. The first-order valence-electron chi connectivity index (χ1n) is 6.61. The fraction of sp³-hybridized carbons (Fsp3) is 0.923. The zero-order valence-corrected chi connectivity index (χ0v) is 10.7. The molecule has 2 fully saturated rings. The molecule has 0 bridgehead atoms. The smallest absolute Gasteiger partial charge is 0.220 e. The van der Waals surface area contributed by atoms with Crippen LogP contribution in [-0.4, -0.2) is 17.3 Å². The number of hydrogen-bond acceptors (Lipinski definition) is 1. The zero-order valence-electron chi connectivity index (χ0n) is 9.93. The van der Waals surface area contributed by atoms with Crippen molar-refractivity contribution in [1.29, 1.82) is 0 Å². The molecular formula is C13H22ClNO. The van der Waals surface area contributed by atoms with Gasteiger partial charge in [-0.3, -0.25) is 4.79 Å². The molecule has 16 heavy (non-hydrogen) atoms. The van der Waals surface area contributed by atoms with Gasteiger partial charge in [-0.1, -0.05) is 25.7 Å². The molecule has 2 nitrogen and oxygen atoms in total. The summed E-state index contributed by atoms with van der Waals surface area (Å²) in [5, 5.41) is 3.13. The third-order valence-corrected chi connectivity index (χ3v) is 4.74. The SMILES string of the molecule is O=C(CCC1CCCC1)NC1(CCl)CCC1. The van der Waals surface area contributed by atoms with Crippen molar-refractivity contribution in [3.8, 4) is 0 Å². The van der Waals surface area contributed by atoms with Gasteiger partial charge in [-0.05, 0) is 31.6 Å². The Kier molecular flexibility index (Phi) is 4.12. The topological polar surface area (TPSA) is 29.1 Å². The molecule has 0 heterocycles. The van der Waals surface area contributed by atoms with Gasteiger partial charge in [0.15, 0.2) is 0 Å². The lowest BCUT2D eigenvalue weighted by atomic mass is 9.78. The monoisotopic (exact) mass is 243 g/mol. The maximum absolute atomic E-state index is 11.8. The van der Waals surface area contributed by atoms with Crippen LogP contribution < -0.4 is 5.32 Å². The molecule has 3 heteroatoms. The minimum absolute atomic E-state index is 0.0473. The number of nitrogens with one attached hydrogen (secondary N) is 1. The summed E-state index contributed by atoms with van der Waals surface area (Å²) < 4.78 is 0. The molecule has 92 valence electrons. The van der Waals surface area contributed by atoms with Crippen molar-refractivity contribution in [1.82, 2.24) is 5.32 Å². The van der Waals surface area contributed by atoms with E-state index in [1.54, 1.807) is 0 Å². The number of carbonyl (C=O) groups is 1. The second kappa shape index (κ2) is 5.39. The summed E-state index contributed by atoms with van der Waals surface area (Å²) in [5.74, 6) is 1.59. The molecule has 2 aliphatic carbocycles. The van der Waals surface area contributed by atoms with Gasteiger partial charge in [-0.2, -0.15) is 0 Å². The Labute approximate surface area is 103 Å². The number of amides is 1. The Bertz CT molecular complexity index is 239. The van der Waals surface area contributed by atoms with Crippen molar-refractivity contribution < 1.29 is 4.79 Å². The average Bonchev–Trinajstić information content (AvgIpc) is 2.73. The molecule has 0 saturated heterocycles. The van der Waals surface area contributed by atoms with Gasteiger partial charge < -0.3 is 5.32 Å². The summed E-state index contributed by atoms with van der Waals surface area (Å²) in [5.41, 5.74) is -0.0473. The summed E-state index contributed by atoms with van der Waals surface area (Å²) in [7, 11) is 0. The Morgan fingerprint density at radius 3 is 2.44 bits per heavy atom. The molecule has 0 atom stereocenters. The van der Waals surface area contributed by atoms with Crippen LogP contribution in [0.25, 0.3) is 0 Å². The van der Waals surface area contributed by atoms with E-state index < -0.39 is 0 Å². The minimum Gasteiger partial charge on any atom is -0.349 e. The highest BCUT2D eigenvalue weighted by atomic mass is 35.5. The molecule has 0 radical (unpaired) electrons. The lowest BCUT2D eigenvalue weighted by molar-refractivity contribution is -0.124. The van der Waals surface area contributed by atoms with Gasteiger partial charge in [0, 0.05) is 12.3 Å². The van der Waals surface area contributed by atoms with E-state index in [0.29, 0.717) is 12.3 Å². The van der Waals surface area contributed by atoms with Gasteiger partial charge in [0.25, 0.3) is 0 Å². The number of carbonyl (C=O) groups excluding carboxylic acids is 1. The Balaban J connectivity index is 1.67. The number of hydrogen-bond donors (Lipinski definition) is 1. The summed E-state index contributed by atoms with van der Waals surface area (Å²) in [6.07, 6.45) is 10.5. The maximum Gasteiger partial charge on any atom is 0.220 e. The fourth-order valence-electron chi connectivity index (χ4n) is 2.89. The number of alkyl halides is 1. The molecule has 1 N–H and O–H groups in total. The molecule has 2 aliphatic rings. The van der Waals surface area contributed by atoms with E-state index in [4.69, 9.17) is 11.6 Å². The molecule has 0 aromatic rings. The Morgan fingerprint density at radius 1 is 1.25 bits per heavy atom. The van der Waals surface area contributed by atoms with Crippen molar-refractivity contribution >= 4 is 17.5 Å². The molecule has 0 aromatic heterocycles. The fourth-order valence-corrected chi connectivity index (χ4v) is 3.22. The molecule has 1 amide bonds.